The van der Waals surface area contributed by atoms with Crippen molar-refractivity contribution in [3.63, 3.8) is 0 Å². The summed E-state index contributed by atoms with van der Waals surface area (Å²) in [4.78, 5) is 9.32. The van der Waals surface area contributed by atoms with E-state index in [2.05, 4.69) is 64.3 Å². The van der Waals surface area contributed by atoms with E-state index in [1.807, 2.05) is 0 Å². The van der Waals surface area contributed by atoms with E-state index in [-0.39, 0.29) is 6.04 Å². The van der Waals surface area contributed by atoms with Crippen LogP contribution < -0.4 is 11.1 Å². The largest absolute Gasteiger partial charge is 0.370 e. The van der Waals surface area contributed by atoms with Crippen LogP contribution in [0.5, 0.6) is 0 Å². The number of likely N-dealkylation sites (N-methyl/N-ethyl adjacent to an activating group) is 1. The molecule has 0 aliphatic carbocycles. The molecule has 2 rings (SSSR count). The van der Waals surface area contributed by atoms with Crippen molar-refractivity contribution in [2.45, 2.75) is 12.5 Å². The Morgan fingerprint density at radius 2 is 2.05 bits per heavy atom. The van der Waals surface area contributed by atoms with Gasteiger partial charge in [-0.15, -0.1) is 22.7 Å². The van der Waals surface area contributed by atoms with Crippen molar-refractivity contribution in [3.8, 4) is 0 Å². The third kappa shape index (κ3) is 5.15. The van der Waals surface area contributed by atoms with Crippen LogP contribution in [0.2, 0.25) is 0 Å². The molecule has 0 fully saturated rings. The fraction of sp³-hybridized carbons (Fsp3) is 0.400. The highest BCUT2D eigenvalue weighted by Crippen LogP contribution is 2.23. The Hall–Kier alpha value is -1.37. The summed E-state index contributed by atoms with van der Waals surface area (Å²) in [5, 5.41) is 7.37. The summed E-state index contributed by atoms with van der Waals surface area (Å²) in [6.07, 6.45) is 0.982. The highest BCUT2D eigenvalue weighted by Gasteiger charge is 2.14. The molecule has 2 aromatic rings. The van der Waals surface area contributed by atoms with Crippen molar-refractivity contribution in [2.24, 2.45) is 10.7 Å². The van der Waals surface area contributed by atoms with Gasteiger partial charge in [0.05, 0.1) is 12.6 Å². The molecule has 21 heavy (non-hydrogen) atoms. The van der Waals surface area contributed by atoms with Crippen molar-refractivity contribution in [1.82, 2.24) is 10.2 Å². The standard InChI is InChI=1S/C15H22N4S2/c1-19(2)13(14-6-4-10-21-14)11-18-15(16)17-8-7-12-5-3-9-20-12/h3-6,9-10,13H,7-8,11H2,1-2H3,(H3,16,17,18). The van der Waals surface area contributed by atoms with E-state index in [0.29, 0.717) is 12.5 Å². The fourth-order valence-electron chi connectivity index (χ4n) is 2.00. The van der Waals surface area contributed by atoms with Crippen LogP contribution >= 0.6 is 22.7 Å². The molecule has 0 saturated heterocycles. The number of nitrogens with zero attached hydrogens (tertiary/aromatic N) is 2. The molecule has 3 N–H and O–H groups in total. The second kappa shape index (κ2) is 8.17. The maximum absolute atomic E-state index is 5.94. The maximum Gasteiger partial charge on any atom is 0.188 e. The van der Waals surface area contributed by atoms with E-state index in [0.717, 1.165) is 13.0 Å². The molecular formula is C15H22N4S2. The first-order valence-electron chi connectivity index (χ1n) is 6.93. The summed E-state index contributed by atoms with van der Waals surface area (Å²) >= 11 is 3.53. The molecule has 0 aliphatic heterocycles. The molecule has 2 heterocycles. The average Bonchev–Trinajstić information content (AvgIpc) is 3.11. The van der Waals surface area contributed by atoms with E-state index >= 15 is 0 Å². The Morgan fingerprint density at radius 3 is 2.67 bits per heavy atom. The van der Waals surface area contributed by atoms with Crippen LogP contribution in [0.4, 0.5) is 0 Å². The fourth-order valence-corrected chi connectivity index (χ4v) is 3.62. The summed E-state index contributed by atoms with van der Waals surface area (Å²) in [6, 6.07) is 8.70. The molecule has 1 unspecified atom stereocenters. The molecule has 2 aromatic heterocycles. The van der Waals surface area contributed by atoms with Crippen LogP contribution in [0.25, 0.3) is 0 Å². The van der Waals surface area contributed by atoms with Gasteiger partial charge in [0.2, 0.25) is 0 Å². The molecule has 114 valence electrons. The molecule has 6 heteroatoms. The van der Waals surface area contributed by atoms with Crippen LogP contribution in [0.15, 0.2) is 40.0 Å². The summed E-state index contributed by atoms with van der Waals surface area (Å²) in [5.74, 6) is 0.523. The van der Waals surface area contributed by atoms with Gasteiger partial charge in [-0.3, -0.25) is 4.99 Å². The van der Waals surface area contributed by atoms with Gasteiger partial charge < -0.3 is 16.0 Å². The quantitative estimate of drug-likeness (QED) is 0.608. The van der Waals surface area contributed by atoms with E-state index < -0.39 is 0 Å². The van der Waals surface area contributed by atoms with Gasteiger partial charge in [0.1, 0.15) is 0 Å². The second-order valence-corrected chi connectivity index (χ2v) is 6.99. The van der Waals surface area contributed by atoms with Gasteiger partial charge in [-0.2, -0.15) is 0 Å². The average molecular weight is 323 g/mol. The van der Waals surface area contributed by atoms with Crippen molar-refractivity contribution in [3.05, 3.63) is 44.8 Å². The lowest BCUT2D eigenvalue weighted by atomic mass is 10.2. The summed E-state index contributed by atoms with van der Waals surface area (Å²) in [5.41, 5.74) is 5.94. The summed E-state index contributed by atoms with van der Waals surface area (Å²) in [6.45, 7) is 1.49. The van der Waals surface area contributed by atoms with Crippen molar-refractivity contribution < 1.29 is 0 Å². The van der Waals surface area contributed by atoms with Crippen LogP contribution in [-0.2, 0) is 6.42 Å². The van der Waals surface area contributed by atoms with Gasteiger partial charge in [-0.05, 0) is 43.4 Å². The van der Waals surface area contributed by atoms with Gasteiger partial charge in [-0.25, -0.2) is 0 Å². The molecule has 0 amide bonds. The molecule has 0 spiro atoms. The third-order valence-electron chi connectivity index (χ3n) is 3.19. The van der Waals surface area contributed by atoms with Crippen LogP contribution in [0.3, 0.4) is 0 Å². The number of nitrogens with two attached hydrogens (primary N) is 1. The van der Waals surface area contributed by atoms with Gasteiger partial charge in [0, 0.05) is 16.3 Å². The van der Waals surface area contributed by atoms with Gasteiger partial charge in [0.15, 0.2) is 5.96 Å². The smallest absolute Gasteiger partial charge is 0.188 e. The minimum atomic E-state index is 0.280. The minimum Gasteiger partial charge on any atom is -0.370 e. The van der Waals surface area contributed by atoms with Crippen molar-refractivity contribution in [1.29, 1.82) is 0 Å². The third-order valence-corrected chi connectivity index (χ3v) is 5.10. The Kier molecular flexibility index (Phi) is 6.22. The zero-order valence-corrected chi connectivity index (χ0v) is 14.1. The first-order chi connectivity index (χ1) is 10.2. The van der Waals surface area contributed by atoms with E-state index in [9.17, 15) is 0 Å². The predicted octanol–water partition coefficient (Wildman–Crippen LogP) is 2.56. The summed E-state index contributed by atoms with van der Waals surface area (Å²) < 4.78 is 0. The molecule has 4 nitrogen and oxygen atoms in total. The second-order valence-electron chi connectivity index (χ2n) is 4.98. The zero-order chi connectivity index (χ0) is 15.1. The van der Waals surface area contributed by atoms with Crippen molar-refractivity contribution in [2.75, 3.05) is 27.2 Å². The SMILES string of the molecule is CN(C)C(CN=C(N)NCCc1cccs1)c1cccs1. The van der Waals surface area contributed by atoms with E-state index in [1.54, 1.807) is 22.7 Å². The highest BCUT2D eigenvalue weighted by atomic mass is 32.1. The molecule has 0 radical (unpaired) electrons. The molecule has 0 aliphatic rings. The molecular weight excluding hydrogens is 300 g/mol. The Balaban J connectivity index is 1.80. The van der Waals surface area contributed by atoms with E-state index in [1.165, 1.54) is 9.75 Å². The number of nitrogens with one attached hydrogen (secondary N) is 1. The van der Waals surface area contributed by atoms with Crippen molar-refractivity contribution >= 4 is 28.6 Å². The Bertz CT molecular complexity index is 532. The molecule has 0 saturated carbocycles. The topological polar surface area (TPSA) is 53.6 Å². The number of hydrogen-bond acceptors (Lipinski definition) is 4. The van der Waals surface area contributed by atoms with Gasteiger partial charge in [-0.1, -0.05) is 12.1 Å². The number of hydrogen-bond donors (Lipinski definition) is 2. The maximum atomic E-state index is 5.94. The Labute approximate surface area is 134 Å². The zero-order valence-electron chi connectivity index (χ0n) is 12.5. The number of guanidine groups is 1. The molecule has 1 atom stereocenters. The van der Waals surface area contributed by atoms with Crippen LogP contribution in [0, 0.1) is 0 Å². The lowest BCUT2D eigenvalue weighted by molar-refractivity contribution is 0.310. The minimum absolute atomic E-state index is 0.280. The number of thiophene rings is 2. The van der Waals surface area contributed by atoms with Gasteiger partial charge >= 0.3 is 0 Å². The normalized spacial score (nSPS) is 13.6. The van der Waals surface area contributed by atoms with Crippen LogP contribution in [-0.4, -0.2) is 38.0 Å². The number of rotatable bonds is 7. The predicted molar refractivity (Wildman–Crippen MR) is 93.3 cm³/mol. The molecule has 0 aromatic carbocycles. The highest BCUT2D eigenvalue weighted by molar-refractivity contribution is 7.10. The lowest BCUT2D eigenvalue weighted by Gasteiger charge is -2.21. The Morgan fingerprint density at radius 1 is 1.29 bits per heavy atom. The van der Waals surface area contributed by atoms with E-state index in [4.69, 9.17) is 5.73 Å². The molecule has 0 bridgehead atoms. The van der Waals surface area contributed by atoms with Crippen LogP contribution in [0.1, 0.15) is 15.8 Å². The lowest BCUT2D eigenvalue weighted by Crippen LogP contribution is -2.34. The van der Waals surface area contributed by atoms with Gasteiger partial charge in [0.25, 0.3) is 0 Å². The number of aliphatic imine (C=N–C) groups is 1. The summed E-state index contributed by atoms with van der Waals surface area (Å²) in [7, 11) is 4.14. The first-order valence-corrected chi connectivity index (χ1v) is 8.68. The monoisotopic (exact) mass is 322 g/mol. The first kappa shape index (κ1) is 16.0.